The lowest BCUT2D eigenvalue weighted by Gasteiger charge is -1.86. The molecule has 0 radical (unpaired) electrons. The third-order valence-corrected chi connectivity index (χ3v) is 1.04. The molecule has 0 saturated carbocycles. The molecule has 0 aromatic heterocycles. The summed E-state index contributed by atoms with van der Waals surface area (Å²) in [6, 6.07) is 5.87. The molecular formula is C6H4N2O2. The SMILES string of the molecule is O=Nc1cccc(N=O)c1. The van der Waals surface area contributed by atoms with E-state index in [0.29, 0.717) is 0 Å². The molecule has 0 heterocycles. The minimum atomic E-state index is 0.220. The highest BCUT2D eigenvalue weighted by atomic mass is 16.3. The molecule has 0 N–H and O–H groups in total. The van der Waals surface area contributed by atoms with Gasteiger partial charge in [0.25, 0.3) is 0 Å². The van der Waals surface area contributed by atoms with Crippen LogP contribution in [-0.2, 0) is 0 Å². The summed E-state index contributed by atoms with van der Waals surface area (Å²) < 4.78 is 0. The zero-order chi connectivity index (χ0) is 7.40. The molecule has 0 saturated heterocycles. The molecule has 0 amide bonds. The van der Waals surface area contributed by atoms with E-state index < -0.39 is 0 Å². The maximum atomic E-state index is 9.88. The van der Waals surface area contributed by atoms with Crippen molar-refractivity contribution in [3.05, 3.63) is 34.1 Å². The van der Waals surface area contributed by atoms with Crippen LogP contribution in [0.1, 0.15) is 0 Å². The lowest BCUT2D eigenvalue weighted by molar-refractivity contribution is 1.44. The molecule has 50 valence electrons. The third kappa shape index (κ3) is 1.22. The van der Waals surface area contributed by atoms with Gasteiger partial charge >= 0.3 is 0 Å². The van der Waals surface area contributed by atoms with Gasteiger partial charge in [-0.15, -0.1) is 9.81 Å². The van der Waals surface area contributed by atoms with Crippen molar-refractivity contribution in [3.8, 4) is 0 Å². The third-order valence-electron chi connectivity index (χ3n) is 1.04. The van der Waals surface area contributed by atoms with Gasteiger partial charge in [0.05, 0.1) is 0 Å². The second kappa shape index (κ2) is 2.82. The Morgan fingerprint density at radius 1 is 1.00 bits per heavy atom. The summed E-state index contributed by atoms with van der Waals surface area (Å²) in [4.78, 5) is 19.8. The Morgan fingerprint density at radius 2 is 1.50 bits per heavy atom. The molecule has 4 heteroatoms. The van der Waals surface area contributed by atoms with Crippen LogP contribution < -0.4 is 0 Å². The molecule has 0 spiro atoms. The second-order valence-corrected chi connectivity index (χ2v) is 1.70. The number of rotatable bonds is 2. The Balaban J connectivity index is 3.09. The zero-order valence-corrected chi connectivity index (χ0v) is 5.02. The summed E-state index contributed by atoms with van der Waals surface area (Å²) in [7, 11) is 0. The van der Waals surface area contributed by atoms with Crippen LogP contribution in [-0.4, -0.2) is 0 Å². The van der Waals surface area contributed by atoms with Crippen LogP contribution in [0.3, 0.4) is 0 Å². The Bertz CT molecular complexity index is 236. The first-order chi connectivity index (χ1) is 4.86. The first-order valence-electron chi connectivity index (χ1n) is 2.63. The van der Waals surface area contributed by atoms with Crippen molar-refractivity contribution in [1.82, 2.24) is 0 Å². The number of benzene rings is 1. The van der Waals surface area contributed by atoms with Crippen molar-refractivity contribution >= 4 is 11.4 Å². The van der Waals surface area contributed by atoms with Gasteiger partial charge in [-0.1, -0.05) is 6.07 Å². The lowest BCUT2D eigenvalue weighted by atomic mass is 10.3. The summed E-state index contributed by atoms with van der Waals surface area (Å²) in [5, 5.41) is 5.26. The predicted molar refractivity (Wildman–Crippen MR) is 37.4 cm³/mol. The molecule has 0 aliphatic heterocycles. The van der Waals surface area contributed by atoms with Gasteiger partial charge in [0.2, 0.25) is 0 Å². The molecule has 0 fully saturated rings. The van der Waals surface area contributed by atoms with Crippen LogP contribution in [0.2, 0.25) is 0 Å². The Hall–Kier alpha value is -1.58. The van der Waals surface area contributed by atoms with E-state index in [1.165, 1.54) is 18.2 Å². The van der Waals surface area contributed by atoms with Crippen molar-refractivity contribution in [1.29, 1.82) is 0 Å². The normalized spacial score (nSPS) is 8.80. The standard InChI is InChI=1S/C6H4N2O2/c9-7-5-2-1-3-6(4-5)8-10/h1-4H. The summed E-state index contributed by atoms with van der Waals surface area (Å²) >= 11 is 0. The number of hydrogen-bond donors (Lipinski definition) is 0. The van der Waals surface area contributed by atoms with Gasteiger partial charge in [-0.05, 0) is 28.6 Å². The van der Waals surface area contributed by atoms with Gasteiger partial charge in [0, 0.05) is 0 Å². The van der Waals surface area contributed by atoms with Crippen LogP contribution in [0.5, 0.6) is 0 Å². The molecular weight excluding hydrogens is 132 g/mol. The molecule has 1 aromatic rings. The van der Waals surface area contributed by atoms with Crippen LogP contribution in [0.4, 0.5) is 11.4 Å². The fraction of sp³-hybridized carbons (Fsp3) is 0. The lowest BCUT2D eigenvalue weighted by Crippen LogP contribution is -1.61. The molecule has 1 rings (SSSR count). The maximum absolute atomic E-state index is 9.88. The fourth-order valence-corrected chi connectivity index (χ4v) is 0.607. The van der Waals surface area contributed by atoms with Gasteiger partial charge in [-0.25, -0.2) is 0 Å². The van der Waals surface area contributed by atoms with Gasteiger partial charge in [0.15, 0.2) is 0 Å². The van der Waals surface area contributed by atoms with E-state index >= 15 is 0 Å². The topological polar surface area (TPSA) is 58.9 Å². The van der Waals surface area contributed by atoms with E-state index in [9.17, 15) is 9.81 Å². The predicted octanol–water partition coefficient (Wildman–Crippen LogP) is 2.48. The van der Waals surface area contributed by atoms with Gasteiger partial charge < -0.3 is 0 Å². The second-order valence-electron chi connectivity index (χ2n) is 1.70. The molecule has 4 nitrogen and oxygen atoms in total. The Morgan fingerprint density at radius 3 is 1.90 bits per heavy atom. The molecule has 0 aliphatic rings. The molecule has 0 unspecified atom stereocenters. The summed E-state index contributed by atoms with van der Waals surface area (Å²) in [5.41, 5.74) is 0.439. The van der Waals surface area contributed by atoms with E-state index in [0.717, 1.165) is 0 Å². The number of nitroso groups, excluding NO2 is 2. The summed E-state index contributed by atoms with van der Waals surface area (Å²) in [6.07, 6.45) is 0. The minimum absolute atomic E-state index is 0.220. The molecule has 0 aliphatic carbocycles. The average molecular weight is 136 g/mol. The maximum Gasteiger partial charge on any atom is 0.110 e. The van der Waals surface area contributed by atoms with Crippen LogP contribution in [0.15, 0.2) is 34.6 Å². The molecule has 0 atom stereocenters. The van der Waals surface area contributed by atoms with Crippen molar-refractivity contribution in [2.24, 2.45) is 10.4 Å². The van der Waals surface area contributed by atoms with Crippen LogP contribution >= 0.6 is 0 Å². The highest BCUT2D eigenvalue weighted by molar-refractivity contribution is 5.49. The Labute approximate surface area is 56.8 Å². The van der Waals surface area contributed by atoms with Crippen molar-refractivity contribution in [2.45, 2.75) is 0 Å². The molecule has 0 bridgehead atoms. The first-order valence-corrected chi connectivity index (χ1v) is 2.63. The quantitative estimate of drug-likeness (QED) is 0.586. The highest BCUT2D eigenvalue weighted by Gasteiger charge is 1.92. The largest absolute Gasteiger partial charge is 0.145 e. The fourth-order valence-electron chi connectivity index (χ4n) is 0.607. The van der Waals surface area contributed by atoms with E-state index in [-0.39, 0.29) is 11.4 Å². The monoisotopic (exact) mass is 136 g/mol. The summed E-state index contributed by atoms with van der Waals surface area (Å²) in [5.74, 6) is 0. The zero-order valence-electron chi connectivity index (χ0n) is 5.02. The van der Waals surface area contributed by atoms with Gasteiger partial charge in [0.1, 0.15) is 11.4 Å². The van der Waals surface area contributed by atoms with Crippen molar-refractivity contribution < 1.29 is 0 Å². The number of nitrogens with zero attached hydrogens (tertiary/aromatic N) is 2. The van der Waals surface area contributed by atoms with E-state index in [4.69, 9.17) is 0 Å². The summed E-state index contributed by atoms with van der Waals surface area (Å²) in [6.45, 7) is 0. The smallest absolute Gasteiger partial charge is 0.110 e. The van der Waals surface area contributed by atoms with Crippen molar-refractivity contribution in [2.75, 3.05) is 0 Å². The van der Waals surface area contributed by atoms with E-state index in [1.54, 1.807) is 6.07 Å². The number of hydrogen-bond acceptors (Lipinski definition) is 4. The van der Waals surface area contributed by atoms with Crippen LogP contribution in [0.25, 0.3) is 0 Å². The Kier molecular flexibility index (Phi) is 1.84. The van der Waals surface area contributed by atoms with E-state index in [2.05, 4.69) is 10.4 Å². The van der Waals surface area contributed by atoms with E-state index in [1.807, 2.05) is 0 Å². The average Bonchev–Trinajstić information content (AvgIpc) is 2.05. The highest BCUT2D eigenvalue weighted by Crippen LogP contribution is 2.18. The first kappa shape index (κ1) is 6.54. The van der Waals surface area contributed by atoms with Crippen LogP contribution in [0, 0.1) is 9.81 Å². The van der Waals surface area contributed by atoms with Gasteiger partial charge in [-0.2, -0.15) is 0 Å². The van der Waals surface area contributed by atoms with Crippen molar-refractivity contribution in [3.63, 3.8) is 0 Å². The minimum Gasteiger partial charge on any atom is -0.145 e. The molecule has 1 aromatic carbocycles. The molecule has 10 heavy (non-hydrogen) atoms. The van der Waals surface area contributed by atoms with Gasteiger partial charge in [-0.3, -0.25) is 0 Å².